The lowest BCUT2D eigenvalue weighted by Gasteiger charge is -2.28. The molecule has 0 fully saturated rings. The van der Waals surface area contributed by atoms with Crippen molar-refractivity contribution in [3.05, 3.63) is 28.5 Å². The van der Waals surface area contributed by atoms with Crippen LogP contribution in [0, 0.1) is 0 Å². The Bertz CT molecular complexity index is 376. The van der Waals surface area contributed by atoms with Crippen LogP contribution in [-0.4, -0.2) is 27.9 Å². The summed E-state index contributed by atoms with van der Waals surface area (Å²) < 4.78 is 0.788. The zero-order chi connectivity index (χ0) is 13.0. The molecular formula is C12H18BrN3O. The van der Waals surface area contributed by atoms with Crippen molar-refractivity contribution in [3.63, 3.8) is 0 Å². The maximum Gasteiger partial charge on any atom is 0.239 e. The summed E-state index contributed by atoms with van der Waals surface area (Å²) in [4.78, 5) is 17.8. The van der Waals surface area contributed by atoms with Crippen LogP contribution in [0.25, 0.3) is 0 Å². The second-order valence-electron chi connectivity index (χ2n) is 4.34. The monoisotopic (exact) mass is 299 g/mol. The van der Waals surface area contributed by atoms with Gasteiger partial charge in [-0.2, -0.15) is 0 Å². The summed E-state index contributed by atoms with van der Waals surface area (Å²) in [5.74, 6) is -0.0390. The molecule has 0 aromatic carbocycles. The zero-order valence-electron chi connectivity index (χ0n) is 10.4. The van der Waals surface area contributed by atoms with Crippen molar-refractivity contribution >= 4 is 21.8 Å². The fourth-order valence-corrected chi connectivity index (χ4v) is 1.71. The normalized spacial score (nSPS) is 12.6. The third-order valence-electron chi connectivity index (χ3n) is 2.44. The Labute approximate surface area is 110 Å². The number of hydrogen-bond donors (Lipinski definition) is 1. The average molecular weight is 300 g/mol. The number of amides is 1. The fourth-order valence-electron chi connectivity index (χ4n) is 1.47. The molecule has 0 bridgehead atoms. The van der Waals surface area contributed by atoms with Gasteiger partial charge in [-0.3, -0.25) is 4.79 Å². The molecule has 0 radical (unpaired) electrons. The summed E-state index contributed by atoms with van der Waals surface area (Å²) in [5.41, 5.74) is 6.63. The predicted octanol–water partition coefficient (Wildman–Crippen LogP) is 1.93. The van der Waals surface area contributed by atoms with Crippen molar-refractivity contribution in [1.82, 2.24) is 9.88 Å². The summed E-state index contributed by atoms with van der Waals surface area (Å²) in [6.07, 6.45) is 1.76. The molecule has 0 saturated carbocycles. The molecule has 1 rings (SSSR count). The summed E-state index contributed by atoms with van der Waals surface area (Å²) in [6.45, 7) is 6.20. The Hall–Kier alpha value is -0.940. The summed E-state index contributed by atoms with van der Waals surface area (Å²) in [6, 6.07) is 3.46. The molecular weight excluding hydrogens is 282 g/mol. The van der Waals surface area contributed by atoms with Crippen molar-refractivity contribution in [2.45, 2.75) is 39.4 Å². The van der Waals surface area contributed by atoms with E-state index in [4.69, 9.17) is 5.73 Å². The Kier molecular flexibility index (Phi) is 5.08. The molecule has 4 nitrogen and oxygen atoms in total. The summed E-state index contributed by atoms with van der Waals surface area (Å²) >= 11 is 3.28. The molecule has 1 aromatic heterocycles. The zero-order valence-corrected chi connectivity index (χ0v) is 11.9. The van der Waals surface area contributed by atoms with E-state index in [-0.39, 0.29) is 11.9 Å². The number of aromatic nitrogens is 1. The van der Waals surface area contributed by atoms with Crippen molar-refractivity contribution in [2.24, 2.45) is 5.73 Å². The van der Waals surface area contributed by atoms with Gasteiger partial charge >= 0.3 is 0 Å². The van der Waals surface area contributed by atoms with Gasteiger partial charge in [0.15, 0.2) is 0 Å². The van der Waals surface area contributed by atoms with Crippen LogP contribution < -0.4 is 5.73 Å². The number of halogens is 1. The van der Waals surface area contributed by atoms with Gasteiger partial charge in [0.05, 0.1) is 6.04 Å². The van der Waals surface area contributed by atoms with Crippen LogP contribution in [0.4, 0.5) is 0 Å². The summed E-state index contributed by atoms with van der Waals surface area (Å²) in [7, 11) is 0. The Morgan fingerprint density at radius 1 is 1.47 bits per heavy atom. The molecule has 1 heterocycles. The van der Waals surface area contributed by atoms with Gasteiger partial charge in [-0.05, 0) is 48.3 Å². The Morgan fingerprint density at radius 2 is 2.12 bits per heavy atom. The fraction of sp³-hybridized carbons (Fsp3) is 0.500. The van der Waals surface area contributed by atoms with Gasteiger partial charge in [0.25, 0.3) is 0 Å². The first-order valence-corrected chi connectivity index (χ1v) is 6.37. The highest BCUT2D eigenvalue weighted by molar-refractivity contribution is 9.10. The van der Waals surface area contributed by atoms with Crippen LogP contribution in [0.2, 0.25) is 0 Å². The van der Waals surface area contributed by atoms with Crippen LogP contribution in [0.15, 0.2) is 22.9 Å². The number of rotatable bonds is 4. The smallest absolute Gasteiger partial charge is 0.239 e. The van der Waals surface area contributed by atoms with Gasteiger partial charge in [-0.25, -0.2) is 4.98 Å². The van der Waals surface area contributed by atoms with Gasteiger partial charge in [0.1, 0.15) is 4.60 Å². The second-order valence-corrected chi connectivity index (χ2v) is 5.15. The van der Waals surface area contributed by atoms with E-state index in [1.807, 2.05) is 26.0 Å². The molecule has 0 spiro atoms. The lowest BCUT2D eigenvalue weighted by atomic mass is 10.2. The van der Waals surface area contributed by atoms with Gasteiger partial charge in [0, 0.05) is 18.8 Å². The van der Waals surface area contributed by atoms with E-state index in [0.717, 1.165) is 10.2 Å². The minimum atomic E-state index is -0.471. The molecule has 2 N–H and O–H groups in total. The predicted molar refractivity (Wildman–Crippen MR) is 71.3 cm³/mol. The van der Waals surface area contributed by atoms with E-state index in [9.17, 15) is 4.79 Å². The second kappa shape index (κ2) is 6.12. The van der Waals surface area contributed by atoms with Crippen molar-refractivity contribution in [2.75, 3.05) is 0 Å². The Morgan fingerprint density at radius 3 is 2.53 bits per heavy atom. The van der Waals surface area contributed by atoms with Crippen molar-refractivity contribution in [1.29, 1.82) is 0 Å². The van der Waals surface area contributed by atoms with E-state index < -0.39 is 6.04 Å². The van der Waals surface area contributed by atoms with E-state index in [2.05, 4.69) is 20.9 Å². The van der Waals surface area contributed by atoms with E-state index in [1.165, 1.54) is 0 Å². The molecule has 1 aromatic rings. The molecule has 1 atom stereocenters. The first-order valence-electron chi connectivity index (χ1n) is 5.58. The largest absolute Gasteiger partial charge is 0.335 e. The van der Waals surface area contributed by atoms with Gasteiger partial charge in [-0.15, -0.1) is 0 Å². The highest BCUT2D eigenvalue weighted by Crippen LogP contribution is 2.11. The Balaban J connectivity index is 2.80. The van der Waals surface area contributed by atoms with Crippen molar-refractivity contribution in [3.8, 4) is 0 Å². The molecule has 0 aliphatic carbocycles. The first kappa shape index (κ1) is 14.1. The number of nitrogens with zero attached hydrogens (tertiary/aromatic N) is 2. The number of hydrogen-bond acceptors (Lipinski definition) is 3. The average Bonchev–Trinajstić information content (AvgIpc) is 2.26. The summed E-state index contributed by atoms with van der Waals surface area (Å²) in [5, 5.41) is 0. The van der Waals surface area contributed by atoms with Crippen molar-refractivity contribution < 1.29 is 4.79 Å². The first-order chi connectivity index (χ1) is 7.91. The van der Waals surface area contributed by atoms with E-state index in [1.54, 1.807) is 18.0 Å². The highest BCUT2D eigenvalue weighted by Gasteiger charge is 2.20. The standard InChI is InChI=1S/C12H18BrN3O/c1-8(2)16(12(17)9(3)14)7-10-4-5-11(13)15-6-10/h4-6,8-9H,7,14H2,1-3H3/t9-/m0/s1. The van der Waals surface area contributed by atoms with Gasteiger partial charge in [-0.1, -0.05) is 6.07 Å². The molecule has 5 heteroatoms. The third-order valence-corrected chi connectivity index (χ3v) is 2.91. The topological polar surface area (TPSA) is 59.2 Å². The maximum atomic E-state index is 11.9. The quantitative estimate of drug-likeness (QED) is 0.864. The molecule has 0 aliphatic rings. The lowest BCUT2D eigenvalue weighted by Crippen LogP contribution is -2.45. The van der Waals surface area contributed by atoms with Crippen LogP contribution in [0.5, 0.6) is 0 Å². The molecule has 0 unspecified atom stereocenters. The minimum absolute atomic E-state index is 0.0390. The number of nitrogens with two attached hydrogens (primary N) is 1. The van der Waals surface area contributed by atoms with E-state index >= 15 is 0 Å². The molecule has 94 valence electrons. The SMILES string of the molecule is CC(C)N(Cc1ccc(Br)nc1)C(=O)[C@H](C)N. The number of carbonyl (C=O) groups excluding carboxylic acids is 1. The van der Waals surface area contributed by atoms with Crippen LogP contribution in [0.3, 0.4) is 0 Å². The maximum absolute atomic E-state index is 11.9. The van der Waals surface area contributed by atoms with Gasteiger partial charge in [0.2, 0.25) is 5.91 Å². The number of carbonyl (C=O) groups is 1. The molecule has 0 aliphatic heterocycles. The van der Waals surface area contributed by atoms with Crippen LogP contribution >= 0.6 is 15.9 Å². The van der Waals surface area contributed by atoms with Crippen LogP contribution in [0.1, 0.15) is 26.3 Å². The highest BCUT2D eigenvalue weighted by atomic mass is 79.9. The molecule has 1 amide bonds. The molecule has 0 saturated heterocycles. The third kappa shape index (κ3) is 4.09. The number of pyridine rings is 1. The minimum Gasteiger partial charge on any atom is -0.335 e. The lowest BCUT2D eigenvalue weighted by molar-refractivity contribution is -0.134. The van der Waals surface area contributed by atoms with E-state index in [0.29, 0.717) is 6.54 Å². The van der Waals surface area contributed by atoms with Gasteiger partial charge < -0.3 is 10.6 Å². The van der Waals surface area contributed by atoms with Crippen LogP contribution in [-0.2, 0) is 11.3 Å². The molecule has 17 heavy (non-hydrogen) atoms.